The fourth-order valence-electron chi connectivity index (χ4n) is 3.70. The highest BCUT2D eigenvalue weighted by molar-refractivity contribution is 5.96. The maximum Gasteiger partial charge on any atom is 0.220 e. The van der Waals surface area contributed by atoms with E-state index in [-0.39, 0.29) is 11.9 Å². The SMILES string of the molecule is CC(=O)N1CCNCC1c1ccccc1.Oc1c(-c2ccccc2)cc2cc1-2. The largest absolute Gasteiger partial charge is 0.507 e. The number of piperazine rings is 1. The van der Waals surface area contributed by atoms with Crippen molar-refractivity contribution in [2.75, 3.05) is 19.6 Å². The Balaban J connectivity index is 0.000000138. The number of fused-ring (bicyclic) bond motifs is 1. The third kappa shape index (κ3) is 3.78. The molecule has 3 aliphatic rings. The normalized spacial score (nSPS) is 16.8. The van der Waals surface area contributed by atoms with Crippen LogP contribution in [0.25, 0.3) is 22.3 Å². The smallest absolute Gasteiger partial charge is 0.220 e. The average molecular weight is 372 g/mol. The molecule has 4 heteroatoms. The first kappa shape index (κ1) is 18.3. The highest BCUT2D eigenvalue weighted by Gasteiger charge is 2.25. The molecule has 2 aromatic carbocycles. The lowest BCUT2D eigenvalue weighted by Gasteiger charge is -2.35. The topological polar surface area (TPSA) is 52.6 Å². The van der Waals surface area contributed by atoms with E-state index in [1.807, 2.05) is 65.6 Å². The Bertz CT molecular complexity index is 971. The summed E-state index contributed by atoms with van der Waals surface area (Å²) in [5, 5.41) is 13.0. The average Bonchev–Trinajstić information content (AvgIpc) is 3.46. The zero-order valence-electron chi connectivity index (χ0n) is 15.9. The Hall–Kier alpha value is -3.11. The van der Waals surface area contributed by atoms with E-state index in [2.05, 4.69) is 17.4 Å². The summed E-state index contributed by atoms with van der Waals surface area (Å²) in [5.41, 5.74) is 5.43. The molecule has 1 amide bonds. The lowest BCUT2D eigenvalue weighted by molar-refractivity contribution is -0.132. The summed E-state index contributed by atoms with van der Waals surface area (Å²) in [6, 6.07) is 24.3. The molecule has 0 aromatic heterocycles. The minimum Gasteiger partial charge on any atom is -0.507 e. The minimum absolute atomic E-state index is 0.158. The lowest BCUT2D eigenvalue weighted by atomic mass is 10.0. The van der Waals surface area contributed by atoms with Crippen LogP contribution in [0.3, 0.4) is 0 Å². The molecule has 4 nitrogen and oxygen atoms in total. The summed E-state index contributed by atoms with van der Waals surface area (Å²) in [6.45, 7) is 4.18. The van der Waals surface area contributed by atoms with Crippen LogP contribution in [-0.2, 0) is 4.79 Å². The first-order chi connectivity index (χ1) is 13.6. The Kier molecular flexibility index (Phi) is 5.13. The van der Waals surface area contributed by atoms with Gasteiger partial charge >= 0.3 is 0 Å². The number of carbonyl (C=O) groups is 1. The molecule has 142 valence electrons. The van der Waals surface area contributed by atoms with Crippen molar-refractivity contribution in [2.24, 2.45) is 0 Å². The van der Waals surface area contributed by atoms with Crippen molar-refractivity contribution >= 4 is 5.91 Å². The molecule has 28 heavy (non-hydrogen) atoms. The Morgan fingerprint density at radius 2 is 1.57 bits per heavy atom. The van der Waals surface area contributed by atoms with Crippen LogP contribution in [0.2, 0.25) is 0 Å². The van der Waals surface area contributed by atoms with Crippen LogP contribution in [0.1, 0.15) is 18.5 Å². The van der Waals surface area contributed by atoms with Crippen LogP contribution in [-0.4, -0.2) is 35.5 Å². The quantitative estimate of drug-likeness (QED) is 0.554. The number of rotatable bonds is 2. The molecule has 2 aliphatic carbocycles. The Labute approximate surface area is 165 Å². The number of nitrogens with one attached hydrogen (secondary N) is 1. The fourth-order valence-corrected chi connectivity index (χ4v) is 3.70. The first-order valence-electron chi connectivity index (χ1n) is 9.61. The summed E-state index contributed by atoms with van der Waals surface area (Å²) < 4.78 is 0. The van der Waals surface area contributed by atoms with E-state index >= 15 is 0 Å². The predicted octanol–water partition coefficient (Wildman–Crippen LogP) is 4.22. The molecule has 1 heterocycles. The maximum atomic E-state index is 11.5. The number of phenols is 1. The molecule has 0 radical (unpaired) electrons. The lowest BCUT2D eigenvalue weighted by Crippen LogP contribution is -2.47. The summed E-state index contributed by atoms with van der Waals surface area (Å²) in [5.74, 6) is 0.589. The monoisotopic (exact) mass is 372 g/mol. The molecule has 1 unspecified atom stereocenters. The number of hydrogen-bond donors (Lipinski definition) is 2. The molecule has 2 N–H and O–H groups in total. The van der Waals surface area contributed by atoms with Gasteiger partial charge in [-0.05, 0) is 28.8 Å². The summed E-state index contributed by atoms with van der Waals surface area (Å²) >= 11 is 0. The van der Waals surface area contributed by atoms with E-state index in [1.165, 1.54) is 11.1 Å². The number of carbonyl (C=O) groups excluding carboxylic acids is 1. The number of nitrogens with zero attached hydrogens (tertiary/aromatic N) is 1. The molecule has 0 spiro atoms. The summed E-state index contributed by atoms with van der Waals surface area (Å²) in [6.07, 6.45) is 0. The van der Waals surface area contributed by atoms with E-state index in [0.29, 0.717) is 5.75 Å². The van der Waals surface area contributed by atoms with Gasteiger partial charge in [0.15, 0.2) is 0 Å². The number of phenolic OH excluding ortho intramolecular Hbond substituents is 1. The Morgan fingerprint density at radius 1 is 0.964 bits per heavy atom. The molecular formula is C24H24N2O2. The Morgan fingerprint density at radius 3 is 2.18 bits per heavy atom. The molecule has 1 saturated heterocycles. The highest BCUT2D eigenvalue weighted by Crippen LogP contribution is 2.50. The van der Waals surface area contributed by atoms with Crippen LogP contribution < -0.4 is 5.32 Å². The molecular weight excluding hydrogens is 348 g/mol. The van der Waals surface area contributed by atoms with Crippen molar-refractivity contribution in [3.8, 4) is 28.0 Å². The fraction of sp³-hybridized carbons (Fsp3) is 0.208. The van der Waals surface area contributed by atoms with Crippen molar-refractivity contribution in [2.45, 2.75) is 13.0 Å². The van der Waals surface area contributed by atoms with Gasteiger partial charge in [-0.1, -0.05) is 60.7 Å². The maximum absolute atomic E-state index is 11.5. The molecule has 1 atom stereocenters. The van der Waals surface area contributed by atoms with Crippen molar-refractivity contribution < 1.29 is 9.90 Å². The van der Waals surface area contributed by atoms with Gasteiger partial charge in [-0.2, -0.15) is 0 Å². The number of amides is 1. The third-order valence-corrected chi connectivity index (χ3v) is 5.25. The zero-order chi connectivity index (χ0) is 19.5. The van der Waals surface area contributed by atoms with Gasteiger partial charge in [0.05, 0.1) is 6.04 Å². The zero-order valence-corrected chi connectivity index (χ0v) is 15.9. The van der Waals surface area contributed by atoms with Crippen molar-refractivity contribution in [1.82, 2.24) is 10.2 Å². The van der Waals surface area contributed by atoms with Crippen molar-refractivity contribution in [3.05, 3.63) is 78.4 Å². The van der Waals surface area contributed by atoms with Gasteiger partial charge in [-0.25, -0.2) is 0 Å². The summed E-state index contributed by atoms with van der Waals surface area (Å²) in [7, 11) is 0. The van der Waals surface area contributed by atoms with Gasteiger partial charge in [-0.15, -0.1) is 0 Å². The van der Waals surface area contributed by atoms with Gasteiger partial charge in [0.25, 0.3) is 0 Å². The van der Waals surface area contributed by atoms with E-state index in [0.717, 1.165) is 36.3 Å². The minimum atomic E-state index is 0.158. The molecule has 0 bridgehead atoms. The standard InChI is InChI=1S/C12H16N2O.C12H8O/c1-10(15)14-8-7-13-9-12(14)11-5-3-2-4-6-11;13-12-10(6-9-7-11(9)12)8-4-2-1-3-5-8/h2-6,12-13H,7-9H2,1H3;1-7,13H. The van der Waals surface area contributed by atoms with Gasteiger partial charge in [-0.3, -0.25) is 4.79 Å². The van der Waals surface area contributed by atoms with Crippen molar-refractivity contribution in [3.63, 3.8) is 0 Å². The van der Waals surface area contributed by atoms with Gasteiger partial charge in [0.1, 0.15) is 5.75 Å². The first-order valence-corrected chi connectivity index (χ1v) is 9.61. The van der Waals surface area contributed by atoms with Gasteiger partial charge in [0, 0.05) is 37.7 Å². The number of benzene rings is 3. The second kappa shape index (κ2) is 7.87. The van der Waals surface area contributed by atoms with Gasteiger partial charge in [0.2, 0.25) is 5.91 Å². The van der Waals surface area contributed by atoms with Crippen molar-refractivity contribution in [1.29, 1.82) is 0 Å². The summed E-state index contributed by atoms with van der Waals surface area (Å²) in [4.78, 5) is 13.4. The number of aromatic hydroxyl groups is 1. The predicted molar refractivity (Wildman–Crippen MR) is 112 cm³/mol. The van der Waals surface area contributed by atoms with Crippen LogP contribution >= 0.6 is 0 Å². The van der Waals surface area contributed by atoms with E-state index in [9.17, 15) is 9.90 Å². The van der Waals surface area contributed by atoms with Crippen LogP contribution in [0.4, 0.5) is 0 Å². The van der Waals surface area contributed by atoms with Crippen LogP contribution in [0, 0.1) is 0 Å². The third-order valence-electron chi connectivity index (χ3n) is 5.25. The van der Waals surface area contributed by atoms with E-state index < -0.39 is 0 Å². The molecule has 1 aliphatic heterocycles. The van der Waals surface area contributed by atoms with Crippen LogP contribution in [0.15, 0.2) is 72.8 Å². The molecule has 5 rings (SSSR count). The highest BCUT2D eigenvalue weighted by atomic mass is 16.3. The van der Waals surface area contributed by atoms with Crippen LogP contribution in [0.5, 0.6) is 5.75 Å². The van der Waals surface area contributed by atoms with E-state index in [4.69, 9.17) is 0 Å². The molecule has 0 saturated carbocycles. The second-order valence-corrected chi connectivity index (χ2v) is 7.13. The van der Waals surface area contributed by atoms with E-state index in [1.54, 1.807) is 6.92 Å². The van der Waals surface area contributed by atoms with Gasteiger partial charge < -0.3 is 15.3 Å². The second-order valence-electron chi connectivity index (χ2n) is 7.13. The molecule has 1 fully saturated rings. The molecule has 2 aromatic rings. The number of hydrogen-bond acceptors (Lipinski definition) is 3.